The van der Waals surface area contributed by atoms with Crippen molar-refractivity contribution in [2.24, 2.45) is 0 Å². The molecule has 0 aliphatic carbocycles. The van der Waals surface area contributed by atoms with Crippen LogP contribution in [0.2, 0.25) is 0 Å². The van der Waals surface area contributed by atoms with E-state index in [1.807, 2.05) is 54.6 Å². The molecule has 5 aromatic carbocycles. The van der Waals surface area contributed by atoms with E-state index in [0.29, 0.717) is 50.0 Å². The van der Waals surface area contributed by atoms with Crippen LogP contribution >= 0.6 is 0 Å². The summed E-state index contributed by atoms with van der Waals surface area (Å²) in [5, 5.41) is 15.6. The van der Waals surface area contributed by atoms with Gasteiger partial charge in [0, 0.05) is 51.0 Å². The van der Waals surface area contributed by atoms with Crippen LogP contribution < -0.4 is 25.8 Å². The predicted molar refractivity (Wildman–Crippen MR) is 233 cm³/mol. The van der Waals surface area contributed by atoms with Crippen LogP contribution in [0, 0.1) is 0 Å². The maximum atomic E-state index is 12.7. The average molecular weight is 813 g/mol. The number of carbonyl (C=O) groups excluding carboxylic acids is 2. The minimum absolute atomic E-state index is 0.0107. The van der Waals surface area contributed by atoms with Gasteiger partial charge < -0.3 is 40.4 Å². The number of aliphatic hydroxyl groups is 1. The molecule has 60 heavy (non-hydrogen) atoms. The van der Waals surface area contributed by atoms with Crippen molar-refractivity contribution >= 4 is 23.2 Å². The Morgan fingerprint density at radius 2 is 1.48 bits per heavy atom. The Morgan fingerprint density at radius 3 is 2.23 bits per heavy atom. The number of nitrogen functional groups attached to an aromatic ring is 1. The third-order valence-electron chi connectivity index (χ3n) is 11.3. The second-order valence-corrected chi connectivity index (χ2v) is 15.6. The second kappa shape index (κ2) is 20.5. The van der Waals surface area contributed by atoms with Crippen molar-refractivity contribution in [2.45, 2.75) is 83.1 Å². The molecule has 0 aromatic heterocycles. The van der Waals surface area contributed by atoms with Crippen molar-refractivity contribution in [3.8, 4) is 22.6 Å². The Labute approximate surface area is 352 Å². The zero-order valence-corrected chi connectivity index (χ0v) is 34.5. The van der Waals surface area contributed by atoms with Crippen molar-refractivity contribution in [3.05, 3.63) is 143 Å². The fraction of sp³-hybridized carbons (Fsp3) is 0.347. The number of nitrogens with two attached hydrogens (primary N) is 1. The Bertz CT molecular complexity index is 2230. The lowest BCUT2D eigenvalue weighted by Gasteiger charge is -2.39. The predicted octanol–water partition coefficient (Wildman–Crippen LogP) is 8.25. The van der Waals surface area contributed by atoms with E-state index in [4.69, 9.17) is 24.7 Å². The number of para-hydroxylation sites is 2. The van der Waals surface area contributed by atoms with Gasteiger partial charge in [0.25, 0.3) is 0 Å². The molecular formula is C49H56N4O7. The van der Waals surface area contributed by atoms with Crippen LogP contribution in [0.15, 0.2) is 109 Å². The van der Waals surface area contributed by atoms with Crippen LogP contribution in [0.1, 0.15) is 84.3 Å². The van der Waals surface area contributed by atoms with Gasteiger partial charge >= 0.3 is 0 Å². The molecule has 2 aliphatic heterocycles. The molecule has 0 spiro atoms. The fourth-order valence-corrected chi connectivity index (χ4v) is 8.00. The number of nitrogens with one attached hydrogen (secondary N) is 2. The summed E-state index contributed by atoms with van der Waals surface area (Å²) in [6.45, 7) is 2.84. The van der Waals surface area contributed by atoms with Crippen LogP contribution in [0.25, 0.3) is 11.1 Å². The molecular weight excluding hydrogens is 757 g/mol. The molecule has 11 heteroatoms. The van der Waals surface area contributed by atoms with Crippen LogP contribution in [0.3, 0.4) is 0 Å². The Hall–Kier alpha value is -5.72. The summed E-state index contributed by atoms with van der Waals surface area (Å²) in [5.41, 5.74) is 15.5. The average Bonchev–Trinajstić information content (AvgIpc) is 3.28. The van der Waals surface area contributed by atoms with Crippen molar-refractivity contribution < 1.29 is 33.6 Å². The van der Waals surface area contributed by atoms with Crippen molar-refractivity contribution in [1.82, 2.24) is 10.2 Å². The third-order valence-corrected chi connectivity index (χ3v) is 11.3. The Kier molecular flexibility index (Phi) is 14.5. The van der Waals surface area contributed by atoms with E-state index in [1.54, 1.807) is 26.4 Å². The molecule has 7 rings (SSSR count). The number of methoxy groups -OCH3 is 2. The molecule has 11 nitrogen and oxygen atoms in total. The summed E-state index contributed by atoms with van der Waals surface area (Å²) in [4.78, 5) is 27.5. The van der Waals surface area contributed by atoms with Gasteiger partial charge in [-0.2, -0.15) is 0 Å². The number of fused-ring (bicyclic) bond motifs is 1. The molecule has 2 aliphatic rings. The van der Waals surface area contributed by atoms with Gasteiger partial charge in [-0.1, -0.05) is 79.2 Å². The van der Waals surface area contributed by atoms with E-state index in [0.717, 1.165) is 77.4 Å². The minimum atomic E-state index is -0.591. The number of unbranched alkanes of at least 4 members (excludes halogenated alkanes) is 2. The van der Waals surface area contributed by atoms with Crippen LogP contribution in [0.4, 0.5) is 11.4 Å². The van der Waals surface area contributed by atoms with Crippen LogP contribution in [-0.2, 0) is 45.2 Å². The highest BCUT2D eigenvalue weighted by Crippen LogP contribution is 2.40. The largest absolute Gasteiger partial charge is 0.493 e. The molecule has 3 atom stereocenters. The molecule has 0 unspecified atom stereocenters. The smallest absolute Gasteiger partial charge is 0.224 e. The summed E-state index contributed by atoms with van der Waals surface area (Å²) in [6, 6.07) is 35.9. The highest BCUT2D eigenvalue weighted by atomic mass is 16.7. The topological polar surface area (TPSA) is 145 Å². The number of benzene rings is 5. The lowest BCUT2D eigenvalue weighted by atomic mass is 9.96. The maximum Gasteiger partial charge on any atom is 0.224 e. The fourth-order valence-electron chi connectivity index (χ4n) is 8.00. The van der Waals surface area contributed by atoms with Gasteiger partial charge in [-0.3, -0.25) is 14.5 Å². The molecule has 1 saturated heterocycles. The van der Waals surface area contributed by atoms with Gasteiger partial charge in [-0.25, -0.2) is 0 Å². The molecule has 1 fully saturated rings. The summed E-state index contributed by atoms with van der Waals surface area (Å²) in [7, 11) is 3.34. The monoisotopic (exact) mass is 812 g/mol. The standard InChI is InChI=1S/C49H56N4O7/c1-57-45-26-38-22-23-53(30-40(38)27-46(45)58-2)31-41-28-44(35-20-18-33(32-54)19-21-35)60-49(59-41)39-13-9-12-37(25-39)36-11-8-10-34(24-36)29-51-47(55)16-4-3-5-17-48(56)52-43-15-7-6-14-42(43)50/h6-15,18-21,24-27,41,44,49,54H,3-5,16-17,22-23,28-32,50H2,1-2H3,(H,51,55)(H,52,56)/t41-,44+,49+/m1/s1. The number of aliphatic hydroxyl groups excluding tert-OH is 1. The molecule has 2 heterocycles. The quantitative estimate of drug-likeness (QED) is 0.0539. The molecule has 314 valence electrons. The van der Waals surface area contributed by atoms with Crippen LogP contribution in [-0.4, -0.2) is 55.2 Å². The number of carbonyl (C=O) groups is 2. The first-order chi connectivity index (χ1) is 29.3. The SMILES string of the molecule is COc1cc2c(cc1OC)CN(C[C@H]1C[C@@H](c3ccc(CO)cc3)O[C@@H](c3cccc(-c4cccc(CNC(=O)CCCCCC(=O)Nc5ccccc5N)c4)c3)O1)CC2. The second-order valence-electron chi connectivity index (χ2n) is 15.6. The van der Waals surface area contributed by atoms with E-state index in [-0.39, 0.29) is 30.6 Å². The highest BCUT2D eigenvalue weighted by Gasteiger charge is 2.34. The lowest BCUT2D eigenvalue weighted by molar-refractivity contribution is -0.253. The van der Waals surface area contributed by atoms with Gasteiger partial charge in [-0.05, 0) is 94.6 Å². The van der Waals surface area contributed by atoms with E-state index < -0.39 is 6.29 Å². The highest BCUT2D eigenvalue weighted by molar-refractivity contribution is 5.93. The van der Waals surface area contributed by atoms with Crippen molar-refractivity contribution in [2.75, 3.05) is 38.4 Å². The van der Waals surface area contributed by atoms with Gasteiger partial charge in [0.15, 0.2) is 17.8 Å². The summed E-state index contributed by atoms with van der Waals surface area (Å²) in [5.74, 6) is 1.40. The molecule has 2 amide bonds. The van der Waals surface area contributed by atoms with Crippen molar-refractivity contribution in [3.63, 3.8) is 0 Å². The number of anilines is 2. The van der Waals surface area contributed by atoms with Gasteiger partial charge in [0.05, 0.1) is 44.4 Å². The van der Waals surface area contributed by atoms with E-state index in [2.05, 4.69) is 58.0 Å². The third kappa shape index (κ3) is 11.1. The number of hydrogen-bond donors (Lipinski definition) is 4. The molecule has 0 radical (unpaired) electrons. The van der Waals surface area contributed by atoms with Crippen molar-refractivity contribution in [1.29, 1.82) is 0 Å². The minimum Gasteiger partial charge on any atom is -0.493 e. The number of nitrogens with zero attached hydrogens (tertiary/aromatic N) is 1. The van der Waals surface area contributed by atoms with E-state index in [1.165, 1.54) is 11.1 Å². The van der Waals surface area contributed by atoms with Gasteiger partial charge in [0.1, 0.15) is 0 Å². The molecule has 5 aromatic rings. The molecule has 0 bridgehead atoms. The Balaban J connectivity index is 0.961. The summed E-state index contributed by atoms with van der Waals surface area (Å²) < 4.78 is 24.7. The first-order valence-electron chi connectivity index (χ1n) is 20.9. The van der Waals surface area contributed by atoms with E-state index in [9.17, 15) is 14.7 Å². The van der Waals surface area contributed by atoms with Gasteiger partial charge in [-0.15, -0.1) is 0 Å². The lowest BCUT2D eigenvalue weighted by Crippen LogP contribution is -2.41. The summed E-state index contributed by atoms with van der Waals surface area (Å²) in [6.07, 6.45) is 3.68. The number of ether oxygens (including phenoxy) is 4. The first kappa shape index (κ1) is 42.4. The Morgan fingerprint density at radius 1 is 0.767 bits per heavy atom. The van der Waals surface area contributed by atoms with Crippen LogP contribution in [0.5, 0.6) is 11.5 Å². The summed E-state index contributed by atoms with van der Waals surface area (Å²) >= 11 is 0. The molecule has 5 N–H and O–H groups in total. The number of hydrogen-bond acceptors (Lipinski definition) is 9. The zero-order chi connectivity index (χ0) is 41.8. The number of rotatable bonds is 17. The first-order valence-corrected chi connectivity index (χ1v) is 20.9. The van der Waals surface area contributed by atoms with E-state index >= 15 is 0 Å². The maximum absolute atomic E-state index is 12.7. The number of amides is 2. The van der Waals surface area contributed by atoms with Gasteiger partial charge in [0.2, 0.25) is 11.8 Å². The zero-order valence-electron chi connectivity index (χ0n) is 34.5. The normalized spacial score (nSPS) is 17.7. The molecule has 0 saturated carbocycles.